The average molecular weight is 504 g/mol. The number of nitrogens with zero attached hydrogens (tertiary/aromatic N) is 2. The zero-order valence-corrected chi connectivity index (χ0v) is 20.8. The predicted octanol–water partition coefficient (Wildman–Crippen LogP) is 6.25. The van der Waals surface area contributed by atoms with E-state index in [-0.39, 0.29) is 12.4 Å². The summed E-state index contributed by atoms with van der Waals surface area (Å²) < 4.78 is 19.0. The van der Waals surface area contributed by atoms with E-state index >= 15 is 0 Å². The minimum absolute atomic E-state index is 0.130. The van der Waals surface area contributed by atoms with Crippen molar-refractivity contribution in [3.05, 3.63) is 113 Å². The van der Waals surface area contributed by atoms with Crippen molar-refractivity contribution in [1.29, 1.82) is 0 Å². The van der Waals surface area contributed by atoms with Crippen LogP contribution in [0, 0.1) is 13.8 Å². The van der Waals surface area contributed by atoms with Crippen LogP contribution in [0.4, 0.5) is 0 Å². The van der Waals surface area contributed by atoms with Gasteiger partial charge in [-0.15, -0.1) is 0 Å². The molecule has 0 saturated carbocycles. The highest BCUT2D eigenvalue weighted by Crippen LogP contribution is 2.25. The number of aromatic nitrogens is 1. The van der Waals surface area contributed by atoms with Crippen LogP contribution in [-0.4, -0.2) is 23.3 Å². The van der Waals surface area contributed by atoms with E-state index in [9.17, 15) is 4.79 Å². The van der Waals surface area contributed by atoms with E-state index in [1.165, 1.54) is 17.6 Å². The van der Waals surface area contributed by atoms with Gasteiger partial charge in [0.25, 0.3) is 0 Å². The fraction of sp³-hybridized carbons (Fsp3) is 0.143. The summed E-state index contributed by atoms with van der Waals surface area (Å²) in [6, 6.07) is 20.5. The van der Waals surface area contributed by atoms with Gasteiger partial charge >= 0.3 is 5.91 Å². The summed E-state index contributed by atoms with van der Waals surface area (Å²) in [6.07, 6.45) is 3.12. The Bertz CT molecular complexity index is 1370. The van der Waals surface area contributed by atoms with Gasteiger partial charge in [-0.2, -0.15) is 5.10 Å². The SMILES string of the molecule is C=CCOc1ccc(/C=N/NC(=O)c2ccc(COc3ccc(-n4c(C)ccc4C)cc3)o2)cc1Cl. The Morgan fingerprint density at radius 2 is 1.81 bits per heavy atom. The Kier molecular flexibility index (Phi) is 7.92. The number of hydrogen-bond donors (Lipinski definition) is 1. The Labute approximate surface area is 214 Å². The fourth-order valence-corrected chi connectivity index (χ4v) is 3.83. The minimum Gasteiger partial charge on any atom is -0.488 e. The molecule has 0 aliphatic heterocycles. The third-order valence-electron chi connectivity index (χ3n) is 5.32. The zero-order chi connectivity index (χ0) is 25.5. The van der Waals surface area contributed by atoms with Crippen molar-refractivity contribution in [3.63, 3.8) is 0 Å². The molecule has 8 heteroatoms. The van der Waals surface area contributed by atoms with Crippen molar-refractivity contribution in [2.75, 3.05) is 6.61 Å². The number of carbonyl (C=O) groups excluding carboxylic acids is 1. The molecule has 1 amide bonds. The second kappa shape index (κ2) is 11.5. The number of carbonyl (C=O) groups is 1. The highest BCUT2D eigenvalue weighted by Gasteiger charge is 2.11. The van der Waals surface area contributed by atoms with Gasteiger partial charge in [0.2, 0.25) is 0 Å². The summed E-state index contributed by atoms with van der Waals surface area (Å²) in [7, 11) is 0. The molecule has 4 rings (SSSR count). The maximum absolute atomic E-state index is 12.3. The minimum atomic E-state index is -0.476. The van der Waals surface area contributed by atoms with Gasteiger partial charge in [-0.3, -0.25) is 4.79 Å². The number of rotatable bonds is 10. The Morgan fingerprint density at radius 3 is 2.50 bits per heavy atom. The molecule has 0 fully saturated rings. The standard InChI is InChI=1S/C28H26ClN3O4/c1-4-15-34-26-13-7-21(16-25(26)29)17-30-31-28(33)27-14-12-24(36-27)18-35-23-10-8-22(9-11-23)32-19(2)5-6-20(32)3/h4-14,16-17H,1,15,18H2,2-3H3,(H,31,33)/b30-17+. The summed E-state index contributed by atoms with van der Waals surface area (Å²) >= 11 is 6.19. The largest absolute Gasteiger partial charge is 0.488 e. The molecule has 36 heavy (non-hydrogen) atoms. The Morgan fingerprint density at radius 1 is 1.06 bits per heavy atom. The van der Waals surface area contributed by atoms with Gasteiger partial charge in [-0.1, -0.05) is 24.3 Å². The summed E-state index contributed by atoms with van der Waals surface area (Å²) in [4.78, 5) is 12.3. The van der Waals surface area contributed by atoms with E-state index in [1.54, 1.807) is 36.4 Å². The monoisotopic (exact) mass is 503 g/mol. The van der Waals surface area contributed by atoms with Crippen LogP contribution in [0.1, 0.15) is 33.3 Å². The lowest BCUT2D eigenvalue weighted by Crippen LogP contribution is -2.16. The molecule has 2 aromatic heterocycles. The average Bonchev–Trinajstić information content (AvgIpc) is 3.49. The number of ether oxygens (including phenoxy) is 2. The van der Waals surface area contributed by atoms with E-state index in [0.717, 1.165) is 5.69 Å². The lowest BCUT2D eigenvalue weighted by molar-refractivity contribution is 0.0923. The lowest BCUT2D eigenvalue weighted by atomic mass is 10.2. The third-order valence-corrected chi connectivity index (χ3v) is 5.62. The third kappa shape index (κ3) is 6.06. The summed E-state index contributed by atoms with van der Waals surface area (Å²) in [5, 5.41) is 4.40. The molecular weight excluding hydrogens is 478 g/mol. The van der Waals surface area contributed by atoms with Crippen LogP contribution in [0.25, 0.3) is 5.69 Å². The van der Waals surface area contributed by atoms with Gasteiger partial charge in [0, 0.05) is 17.1 Å². The summed E-state index contributed by atoms with van der Waals surface area (Å²) in [5.41, 5.74) is 6.55. The number of furan rings is 1. The van der Waals surface area contributed by atoms with Gasteiger partial charge in [-0.05, 0) is 86.1 Å². The van der Waals surface area contributed by atoms with Crippen molar-refractivity contribution < 1.29 is 18.7 Å². The van der Waals surface area contributed by atoms with Crippen LogP contribution in [0.3, 0.4) is 0 Å². The fourth-order valence-electron chi connectivity index (χ4n) is 3.58. The van der Waals surface area contributed by atoms with Crippen LogP contribution in [0.2, 0.25) is 5.02 Å². The molecule has 0 spiro atoms. The smallest absolute Gasteiger partial charge is 0.307 e. The van der Waals surface area contributed by atoms with Gasteiger partial charge in [0.1, 0.15) is 30.5 Å². The number of benzene rings is 2. The van der Waals surface area contributed by atoms with Crippen LogP contribution >= 0.6 is 11.6 Å². The first kappa shape index (κ1) is 24.9. The predicted molar refractivity (Wildman–Crippen MR) is 140 cm³/mol. The molecule has 0 aliphatic rings. The number of nitrogens with one attached hydrogen (secondary N) is 1. The number of halogens is 1. The van der Waals surface area contributed by atoms with Crippen molar-refractivity contribution in [2.45, 2.75) is 20.5 Å². The van der Waals surface area contributed by atoms with E-state index in [4.69, 9.17) is 25.5 Å². The van der Waals surface area contributed by atoms with Crippen molar-refractivity contribution in [3.8, 4) is 17.2 Å². The number of amides is 1. The quantitative estimate of drug-likeness (QED) is 0.158. The molecular formula is C28H26ClN3O4. The second-order valence-electron chi connectivity index (χ2n) is 7.99. The molecule has 4 aromatic rings. The topological polar surface area (TPSA) is 78.0 Å². The van der Waals surface area contributed by atoms with Crippen molar-refractivity contribution in [2.24, 2.45) is 5.10 Å². The number of hydrazone groups is 1. The molecule has 2 aromatic carbocycles. The maximum atomic E-state index is 12.3. The molecule has 2 heterocycles. The summed E-state index contributed by atoms with van der Waals surface area (Å²) in [6.45, 7) is 8.29. The Hall–Kier alpha value is -4.23. The highest BCUT2D eigenvalue weighted by molar-refractivity contribution is 6.32. The molecule has 0 atom stereocenters. The van der Waals surface area contributed by atoms with Gasteiger partial charge in [-0.25, -0.2) is 5.43 Å². The Balaban J connectivity index is 1.29. The number of aryl methyl sites for hydroxylation is 2. The van der Waals surface area contributed by atoms with Crippen LogP contribution < -0.4 is 14.9 Å². The molecule has 0 unspecified atom stereocenters. The molecule has 0 aliphatic carbocycles. The molecule has 0 bridgehead atoms. The molecule has 0 saturated heterocycles. The first-order valence-corrected chi connectivity index (χ1v) is 11.7. The van der Waals surface area contributed by atoms with E-state index in [1.807, 2.05) is 24.3 Å². The highest BCUT2D eigenvalue weighted by atomic mass is 35.5. The zero-order valence-electron chi connectivity index (χ0n) is 20.0. The van der Waals surface area contributed by atoms with Crippen LogP contribution in [-0.2, 0) is 6.61 Å². The van der Waals surface area contributed by atoms with E-state index < -0.39 is 5.91 Å². The van der Waals surface area contributed by atoms with Crippen LogP contribution in [0.5, 0.6) is 11.5 Å². The second-order valence-corrected chi connectivity index (χ2v) is 8.40. The number of hydrogen-bond acceptors (Lipinski definition) is 5. The summed E-state index contributed by atoms with van der Waals surface area (Å²) in [5.74, 6) is 1.42. The maximum Gasteiger partial charge on any atom is 0.307 e. The first-order chi connectivity index (χ1) is 17.4. The van der Waals surface area contributed by atoms with Gasteiger partial charge < -0.3 is 18.5 Å². The van der Waals surface area contributed by atoms with Gasteiger partial charge in [0.15, 0.2) is 5.76 Å². The van der Waals surface area contributed by atoms with Crippen LogP contribution in [0.15, 0.2) is 88.9 Å². The normalized spacial score (nSPS) is 11.0. The first-order valence-electron chi connectivity index (χ1n) is 11.3. The molecule has 1 N–H and O–H groups in total. The molecule has 0 radical (unpaired) electrons. The molecule has 184 valence electrons. The van der Waals surface area contributed by atoms with Crippen molar-refractivity contribution >= 4 is 23.7 Å². The van der Waals surface area contributed by atoms with E-state index in [2.05, 4.69) is 47.7 Å². The lowest BCUT2D eigenvalue weighted by Gasteiger charge is -2.10. The van der Waals surface area contributed by atoms with Crippen molar-refractivity contribution in [1.82, 2.24) is 9.99 Å². The van der Waals surface area contributed by atoms with Gasteiger partial charge in [0.05, 0.1) is 11.2 Å². The van der Waals surface area contributed by atoms with E-state index in [0.29, 0.717) is 34.5 Å². The molecule has 7 nitrogen and oxygen atoms in total.